The third kappa shape index (κ3) is 5.14. The van der Waals surface area contributed by atoms with Crippen molar-refractivity contribution in [1.29, 1.82) is 0 Å². The second-order valence-electron chi connectivity index (χ2n) is 6.08. The number of hydrogen-bond donors (Lipinski definition) is 0. The van der Waals surface area contributed by atoms with Gasteiger partial charge in [-0.05, 0) is 48.5 Å². The van der Waals surface area contributed by atoms with Crippen LogP contribution in [-0.4, -0.2) is 29.3 Å². The van der Waals surface area contributed by atoms with Crippen LogP contribution < -0.4 is 4.74 Å². The van der Waals surface area contributed by atoms with Gasteiger partial charge in [-0.1, -0.05) is 18.2 Å². The molecule has 8 heteroatoms. The van der Waals surface area contributed by atoms with Crippen molar-refractivity contribution in [3.63, 3.8) is 0 Å². The number of carbonyl (C=O) groups excluding carboxylic acids is 3. The smallest absolute Gasteiger partial charge is 0.343 e. The Kier molecular flexibility index (Phi) is 6.29. The fraction of sp³-hybridized carbons (Fsp3) is 0.0455. The molecule has 0 saturated heterocycles. The average molecular weight is 405 g/mol. The summed E-state index contributed by atoms with van der Waals surface area (Å²) in [4.78, 5) is 46.2. The van der Waals surface area contributed by atoms with Crippen LogP contribution in [0.25, 0.3) is 0 Å². The quantitative estimate of drug-likeness (QED) is 0.193. The van der Waals surface area contributed by atoms with Gasteiger partial charge in [-0.25, -0.2) is 9.59 Å². The van der Waals surface area contributed by atoms with Gasteiger partial charge in [-0.2, -0.15) is 0 Å². The molecule has 0 radical (unpaired) electrons. The summed E-state index contributed by atoms with van der Waals surface area (Å²) in [7, 11) is 0. The third-order valence-corrected chi connectivity index (χ3v) is 4.04. The SMILES string of the molecule is O=C(COC(=O)c1ccc([N+](=O)[O-])cc1)c1ccc(OC(=O)c2ccccc2)cc1. The first kappa shape index (κ1) is 20.4. The first-order chi connectivity index (χ1) is 14.4. The van der Waals surface area contributed by atoms with Crippen LogP contribution in [0.3, 0.4) is 0 Å². The summed E-state index contributed by atoms with van der Waals surface area (Å²) in [6, 6.07) is 19.2. The van der Waals surface area contributed by atoms with Gasteiger partial charge in [-0.3, -0.25) is 14.9 Å². The Labute approximate surface area is 170 Å². The van der Waals surface area contributed by atoms with E-state index in [0.717, 1.165) is 0 Å². The lowest BCUT2D eigenvalue weighted by atomic mass is 10.1. The number of nitro benzene ring substituents is 1. The summed E-state index contributed by atoms with van der Waals surface area (Å²) < 4.78 is 10.2. The normalized spacial score (nSPS) is 10.1. The molecule has 0 aliphatic carbocycles. The molecule has 150 valence electrons. The maximum Gasteiger partial charge on any atom is 0.343 e. The second kappa shape index (κ2) is 9.24. The van der Waals surface area contributed by atoms with E-state index in [1.807, 2.05) is 0 Å². The van der Waals surface area contributed by atoms with Crippen LogP contribution in [0.1, 0.15) is 31.1 Å². The fourth-order valence-corrected chi connectivity index (χ4v) is 2.47. The fourth-order valence-electron chi connectivity index (χ4n) is 2.47. The Morgan fingerprint density at radius 3 is 1.90 bits per heavy atom. The van der Waals surface area contributed by atoms with Crippen LogP contribution in [0.5, 0.6) is 5.75 Å². The lowest BCUT2D eigenvalue weighted by molar-refractivity contribution is -0.384. The monoisotopic (exact) mass is 405 g/mol. The third-order valence-electron chi connectivity index (χ3n) is 4.04. The molecule has 0 aliphatic heterocycles. The first-order valence-corrected chi connectivity index (χ1v) is 8.76. The highest BCUT2D eigenvalue weighted by atomic mass is 16.6. The molecule has 30 heavy (non-hydrogen) atoms. The number of non-ortho nitro benzene ring substituents is 1. The molecule has 0 saturated carbocycles. The molecule has 3 rings (SSSR count). The van der Waals surface area contributed by atoms with Crippen molar-refractivity contribution in [2.75, 3.05) is 6.61 Å². The minimum atomic E-state index is -0.772. The standard InChI is InChI=1S/C22H15NO7/c24-20(14-29-21(25)17-6-10-18(11-7-17)23(27)28)15-8-12-19(13-9-15)30-22(26)16-4-2-1-3-5-16/h1-13H,14H2. The summed E-state index contributed by atoms with van der Waals surface area (Å²) in [5.41, 5.74) is 0.606. The van der Waals surface area contributed by atoms with Crippen molar-refractivity contribution in [1.82, 2.24) is 0 Å². The predicted octanol–water partition coefficient (Wildman–Crippen LogP) is 3.85. The predicted molar refractivity (Wildman–Crippen MR) is 106 cm³/mol. The van der Waals surface area contributed by atoms with E-state index < -0.39 is 29.3 Å². The minimum absolute atomic E-state index is 0.0940. The van der Waals surface area contributed by atoms with Crippen LogP contribution in [-0.2, 0) is 4.74 Å². The van der Waals surface area contributed by atoms with Gasteiger partial charge in [0, 0.05) is 17.7 Å². The molecule has 0 bridgehead atoms. The number of ketones is 1. The van der Waals surface area contributed by atoms with E-state index >= 15 is 0 Å². The topological polar surface area (TPSA) is 113 Å². The molecule has 0 heterocycles. The molecular formula is C22H15NO7. The van der Waals surface area contributed by atoms with Gasteiger partial charge in [0.2, 0.25) is 0 Å². The summed E-state index contributed by atoms with van der Waals surface area (Å²) in [5.74, 6) is -1.48. The van der Waals surface area contributed by atoms with E-state index in [9.17, 15) is 24.5 Å². The largest absolute Gasteiger partial charge is 0.454 e. The number of ether oxygens (including phenoxy) is 2. The molecular weight excluding hydrogens is 390 g/mol. The molecule has 0 atom stereocenters. The lowest BCUT2D eigenvalue weighted by Gasteiger charge is -2.06. The maximum atomic E-state index is 12.2. The Balaban J connectivity index is 1.54. The van der Waals surface area contributed by atoms with Gasteiger partial charge in [0.25, 0.3) is 5.69 Å². The highest BCUT2D eigenvalue weighted by Gasteiger charge is 2.14. The Hall–Kier alpha value is -4.33. The first-order valence-electron chi connectivity index (χ1n) is 8.76. The van der Waals surface area contributed by atoms with Crippen LogP contribution in [0, 0.1) is 10.1 Å². The Morgan fingerprint density at radius 1 is 0.733 bits per heavy atom. The zero-order chi connectivity index (χ0) is 21.5. The zero-order valence-electron chi connectivity index (χ0n) is 15.5. The van der Waals surface area contributed by atoms with Crippen LogP contribution in [0.4, 0.5) is 5.69 Å². The second-order valence-corrected chi connectivity index (χ2v) is 6.08. The number of esters is 2. The van der Waals surface area contributed by atoms with Gasteiger partial charge in [0.15, 0.2) is 12.4 Å². The van der Waals surface area contributed by atoms with Crippen molar-refractivity contribution in [3.8, 4) is 5.75 Å². The number of nitro groups is 1. The summed E-state index contributed by atoms with van der Waals surface area (Å²) in [6.07, 6.45) is 0. The van der Waals surface area contributed by atoms with Gasteiger partial charge in [-0.15, -0.1) is 0 Å². The van der Waals surface area contributed by atoms with Crippen molar-refractivity contribution < 1.29 is 28.8 Å². The van der Waals surface area contributed by atoms with Crippen molar-refractivity contribution in [2.45, 2.75) is 0 Å². The number of benzene rings is 3. The Morgan fingerprint density at radius 2 is 1.30 bits per heavy atom. The Bertz CT molecular complexity index is 1070. The van der Waals surface area contributed by atoms with Gasteiger partial charge in [0.05, 0.1) is 16.1 Å². The minimum Gasteiger partial charge on any atom is -0.454 e. The molecule has 3 aromatic rings. The van der Waals surface area contributed by atoms with Crippen LogP contribution in [0.2, 0.25) is 0 Å². The summed E-state index contributed by atoms with van der Waals surface area (Å²) in [6.45, 7) is -0.501. The molecule has 3 aromatic carbocycles. The molecule has 0 amide bonds. The highest BCUT2D eigenvalue weighted by Crippen LogP contribution is 2.16. The summed E-state index contributed by atoms with van der Waals surface area (Å²) >= 11 is 0. The molecule has 0 aliphatic rings. The molecule has 0 N–H and O–H groups in total. The van der Waals surface area contributed by atoms with Crippen molar-refractivity contribution in [2.24, 2.45) is 0 Å². The molecule has 0 aromatic heterocycles. The van der Waals surface area contributed by atoms with Crippen LogP contribution in [0.15, 0.2) is 78.9 Å². The van der Waals surface area contributed by atoms with Crippen molar-refractivity contribution >= 4 is 23.4 Å². The van der Waals surface area contributed by atoms with Crippen molar-refractivity contribution in [3.05, 3.63) is 106 Å². The van der Waals surface area contributed by atoms with E-state index in [1.54, 1.807) is 30.3 Å². The van der Waals surface area contributed by atoms with E-state index in [-0.39, 0.29) is 22.6 Å². The number of Topliss-reactive ketones (excluding diaryl/α,β-unsaturated/α-hetero) is 1. The maximum absolute atomic E-state index is 12.2. The van der Waals surface area contributed by atoms with Gasteiger partial charge in [0.1, 0.15) is 5.75 Å². The van der Waals surface area contributed by atoms with Gasteiger partial charge < -0.3 is 9.47 Å². The number of rotatable bonds is 7. The van der Waals surface area contributed by atoms with E-state index in [2.05, 4.69) is 0 Å². The van der Waals surface area contributed by atoms with E-state index in [1.165, 1.54) is 48.5 Å². The average Bonchev–Trinajstić information content (AvgIpc) is 2.78. The zero-order valence-corrected chi connectivity index (χ0v) is 15.5. The highest BCUT2D eigenvalue weighted by molar-refractivity contribution is 5.99. The van der Waals surface area contributed by atoms with E-state index in [0.29, 0.717) is 5.56 Å². The number of carbonyl (C=O) groups is 3. The molecule has 0 unspecified atom stereocenters. The summed E-state index contributed by atoms with van der Waals surface area (Å²) in [5, 5.41) is 10.6. The van der Waals surface area contributed by atoms with Crippen LogP contribution >= 0.6 is 0 Å². The molecule has 8 nitrogen and oxygen atoms in total. The molecule has 0 fully saturated rings. The number of hydrogen-bond acceptors (Lipinski definition) is 7. The van der Waals surface area contributed by atoms with Gasteiger partial charge >= 0.3 is 11.9 Å². The number of nitrogens with zero attached hydrogens (tertiary/aromatic N) is 1. The molecule has 0 spiro atoms. The van der Waals surface area contributed by atoms with E-state index in [4.69, 9.17) is 9.47 Å². The lowest BCUT2D eigenvalue weighted by Crippen LogP contribution is -2.14.